The molecule has 0 amide bonds. The molecule has 0 unspecified atom stereocenters. The second-order valence-corrected chi connectivity index (χ2v) is 4.44. The monoisotopic (exact) mass is 164 g/mol. The summed E-state index contributed by atoms with van der Waals surface area (Å²) in [6.45, 7) is 0. The fourth-order valence-electron chi connectivity index (χ4n) is 2.44. The number of hydrogen-bond acceptors (Lipinski definition) is 0. The molecule has 0 bridgehead atoms. The summed E-state index contributed by atoms with van der Waals surface area (Å²) in [6.07, 6.45) is 15.7. The maximum absolute atomic E-state index is 2.43. The Kier molecular flexibility index (Phi) is 2.86. The molecule has 2 rings (SSSR count). The molecule has 1 fully saturated rings. The van der Waals surface area contributed by atoms with E-state index in [1.165, 1.54) is 57.8 Å². The highest BCUT2D eigenvalue weighted by atomic mass is 14.2. The summed E-state index contributed by atoms with van der Waals surface area (Å²) >= 11 is 0. The lowest BCUT2D eigenvalue weighted by Gasteiger charge is -2.23. The van der Waals surface area contributed by atoms with Gasteiger partial charge in [0.2, 0.25) is 0 Å². The number of hydrogen-bond donors (Lipinski definition) is 0. The van der Waals surface area contributed by atoms with Gasteiger partial charge < -0.3 is 0 Å². The van der Waals surface area contributed by atoms with Gasteiger partial charge in [0.25, 0.3) is 0 Å². The molecule has 2 aliphatic rings. The zero-order valence-electron chi connectivity index (χ0n) is 8.02. The van der Waals surface area contributed by atoms with E-state index in [-0.39, 0.29) is 0 Å². The van der Waals surface area contributed by atoms with Crippen molar-refractivity contribution in [2.75, 3.05) is 0 Å². The van der Waals surface area contributed by atoms with Crippen molar-refractivity contribution in [1.82, 2.24) is 0 Å². The van der Waals surface area contributed by atoms with Crippen LogP contribution in [0.15, 0.2) is 11.6 Å². The third-order valence-electron chi connectivity index (χ3n) is 3.50. The molecule has 12 heavy (non-hydrogen) atoms. The molecular weight excluding hydrogens is 144 g/mol. The van der Waals surface area contributed by atoms with Crippen molar-refractivity contribution in [2.24, 2.45) is 5.92 Å². The molecule has 0 spiro atoms. The van der Waals surface area contributed by atoms with Gasteiger partial charge in [-0.1, -0.05) is 43.8 Å². The van der Waals surface area contributed by atoms with Crippen LogP contribution in [-0.4, -0.2) is 0 Å². The Balaban J connectivity index is 1.64. The van der Waals surface area contributed by atoms with Crippen LogP contribution in [-0.2, 0) is 0 Å². The minimum Gasteiger partial charge on any atom is -0.0850 e. The molecule has 0 aromatic rings. The van der Waals surface area contributed by atoms with Gasteiger partial charge in [-0.3, -0.25) is 0 Å². The van der Waals surface area contributed by atoms with Crippen molar-refractivity contribution < 1.29 is 0 Å². The summed E-state index contributed by atoms with van der Waals surface area (Å²) in [6, 6.07) is 0. The second kappa shape index (κ2) is 4.11. The summed E-state index contributed by atoms with van der Waals surface area (Å²) in [5.41, 5.74) is 1.75. The van der Waals surface area contributed by atoms with Crippen LogP contribution in [0.3, 0.4) is 0 Å². The Labute approximate surface area is 76.1 Å². The minimum atomic E-state index is 1.08. The molecule has 0 atom stereocenters. The molecule has 0 saturated heterocycles. The molecule has 0 aromatic carbocycles. The fraction of sp³-hybridized carbons (Fsp3) is 0.833. The minimum absolute atomic E-state index is 1.08. The highest BCUT2D eigenvalue weighted by Crippen LogP contribution is 2.31. The first-order valence-electron chi connectivity index (χ1n) is 5.63. The summed E-state index contributed by atoms with van der Waals surface area (Å²) in [5.74, 6) is 1.08. The lowest BCUT2D eigenvalue weighted by Crippen LogP contribution is -2.07. The molecule has 0 heteroatoms. The first-order valence-corrected chi connectivity index (χ1v) is 5.63. The SMILES string of the molecule is C1=C(CCC2CCCCC2)CC1. The number of rotatable bonds is 3. The van der Waals surface area contributed by atoms with Gasteiger partial charge in [-0.05, 0) is 31.6 Å². The second-order valence-electron chi connectivity index (χ2n) is 4.44. The smallest absolute Gasteiger partial charge is 0.0285 e. The van der Waals surface area contributed by atoms with E-state index in [1.54, 1.807) is 5.57 Å². The Morgan fingerprint density at radius 3 is 2.50 bits per heavy atom. The molecule has 2 aliphatic carbocycles. The van der Waals surface area contributed by atoms with E-state index >= 15 is 0 Å². The normalized spacial score (nSPS) is 24.8. The van der Waals surface area contributed by atoms with Gasteiger partial charge in [-0.2, -0.15) is 0 Å². The van der Waals surface area contributed by atoms with Crippen LogP contribution in [0.4, 0.5) is 0 Å². The Hall–Kier alpha value is -0.260. The van der Waals surface area contributed by atoms with Gasteiger partial charge in [0, 0.05) is 0 Å². The standard InChI is InChI=1S/C12H20/c1-2-5-11(6-3-1)9-10-12-7-4-8-12/h7,11H,1-6,8-10H2. The van der Waals surface area contributed by atoms with Gasteiger partial charge in [-0.25, -0.2) is 0 Å². The van der Waals surface area contributed by atoms with E-state index in [9.17, 15) is 0 Å². The topological polar surface area (TPSA) is 0 Å². The zero-order chi connectivity index (χ0) is 8.23. The van der Waals surface area contributed by atoms with Crippen LogP contribution in [0.1, 0.15) is 57.8 Å². The predicted octanol–water partition coefficient (Wildman–Crippen LogP) is 4.07. The first-order chi connectivity index (χ1) is 5.95. The van der Waals surface area contributed by atoms with Gasteiger partial charge in [0.1, 0.15) is 0 Å². The lowest BCUT2D eigenvalue weighted by atomic mass is 9.83. The van der Waals surface area contributed by atoms with Crippen molar-refractivity contribution >= 4 is 0 Å². The molecule has 0 N–H and O–H groups in total. The molecule has 0 aromatic heterocycles. The molecule has 0 heterocycles. The van der Waals surface area contributed by atoms with Crippen molar-refractivity contribution in [3.8, 4) is 0 Å². The van der Waals surface area contributed by atoms with Crippen LogP contribution in [0.25, 0.3) is 0 Å². The quantitative estimate of drug-likeness (QED) is 0.552. The first kappa shape index (κ1) is 8.34. The van der Waals surface area contributed by atoms with Gasteiger partial charge >= 0.3 is 0 Å². The maximum Gasteiger partial charge on any atom is -0.0285 e. The summed E-state index contributed by atoms with van der Waals surface area (Å²) in [5, 5.41) is 0. The average molecular weight is 164 g/mol. The Morgan fingerprint density at radius 2 is 1.92 bits per heavy atom. The zero-order valence-corrected chi connectivity index (χ0v) is 8.02. The van der Waals surface area contributed by atoms with Gasteiger partial charge in [-0.15, -0.1) is 0 Å². The van der Waals surface area contributed by atoms with E-state index in [4.69, 9.17) is 0 Å². The molecule has 0 radical (unpaired) electrons. The van der Waals surface area contributed by atoms with E-state index in [1.807, 2.05) is 0 Å². The average Bonchev–Trinajstić information content (AvgIpc) is 2.04. The van der Waals surface area contributed by atoms with Crippen molar-refractivity contribution in [3.63, 3.8) is 0 Å². The Morgan fingerprint density at radius 1 is 1.17 bits per heavy atom. The summed E-state index contributed by atoms with van der Waals surface area (Å²) < 4.78 is 0. The van der Waals surface area contributed by atoms with E-state index in [0.29, 0.717) is 0 Å². The molecule has 0 nitrogen and oxygen atoms in total. The van der Waals surface area contributed by atoms with Gasteiger partial charge in [0.15, 0.2) is 0 Å². The van der Waals surface area contributed by atoms with Crippen LogP contribution in [0, 0.1) is 5.92 Å². The van der Waals surface area contributed by atoms with Crippen LogP contribution >= 0.6 is 0 Å². The molecule has 0 aliphatic heterocycles. The van der Waals surface area contributed by atoms with Crippen molar-refractivity contribution in [3.05, 3.63) is 11.6 Å². The maximum atomic E-state index is 2.43. The number of allylic oxidation sites excluding steroid dienone is 2. The predicted molar refractivity (Wildman–Crippen MR) is 53.1 cm³/mol. The van der Waals surface area contributed by atoms with Crippen LogP contribution in [0.5, 0.6) is 0 Å². The Bertz CT molecular complexity index is 161. The van der Waals surface area contributed by atoms with Crippen molar-refractivity contribution in [2.45, 2.75) is 57.8 Å². The highest BCUT2D eigenvalue weighted by Gasteiger charge is 2.14. The highest BCUT2D eigenvalue weighted by molar-refractivity contribution is 5.11. The van der Waals surface area contributed by atoms with Crippen LogP contribution in [0.2, 0.25) is 0 Å². The van der Waals surface area contributed by atoms with E-state index in [0.717, 1.165) is 5.92 Å². The summed E-state index contributed by atoms with van der Waals surface area (Å²) in [4.78, 5) is 0. The third kappa shape index (κ3) is 2.12. The van der Waals surface area contributed by atoms with E-state index in [2.05, 4.69) is 6.08 Å². The summed E-state index contributed by atoms with van der Waals surface area (Å²) in [7, 11) is 0. The van der Waals surface area contributed by atoms with Crippen LogP contribution < -0.4 is 0 Å². The van der Waals surface area contributed by atoms with Crippen molar-refractivity contribution in [1.29, 1.82) is 0 Å². The van der Waals surface area contributed by atoms with E-state index < -0.39 is 0 Å². The fourth-order valence-corrected chi connectivity index (χ4v) is 2.44. The van der Waals surface area contributed by atoms with Gasteiger partial charge in [0.05, 0.1) is 0 Å². The molecule has 1 saturated carbocycles. The molecule has 68 valence electrons. The largest absolute Gasteiger partial charge is 0.0850 e. The molecular formula is C12H20. The third-order valence-corrected chi connectivity index (χ3v) is 3.50. The lowest BCUT2D eigenvalue weighted by molar-refractivity contribution is 0.337.